The molecule has 2 heterocycles. The third-order valence-electron chi connectivity index (χ3n) is 4.31. The number of hydrogen-bond acceptors (Lipinski definition) is 5. The van der Waals surface area contributed by atoms with E-state index in [0.29, 0.717) is 5.92 Å². The van der Waals surface area contributed by atoms with Crippen molar-refractivity contribution in [3.05, 3.63) is 12.5 Å². The zero-order valence-electron chi connectivity index (χ0n) is 12.0. The average molecular weight is 275 g/mol. The van der Waals surface area contributed by atoms with Crippen molar-refractivity contribution in [3.8, 4) is 0 Å². The molecule has 2 unspecified atom stereocenters. The van der Waals surface area contributed by atoms with Crippen LogP contribution in [-0.4, -0.2) is 37.0 Å². The SMILES string of the molecule is CC1CCCC(CO)(Nc2ncnc3c2cnn3C)C1. The first-order chi connectivity index (χ1) is 9.63. The van der Waals surface area contributed by atoms with Crippen LogP contribution in [0.5, 0.6) is 0 Å². The van der Waals surface area contributed by atoms with Gasteiger partial charge in [-0.25, -0.2) is 9.97 Å². The van der Waals surface area contributed by atoms with Crippen LogP contribution < -0.4 is 5.32 Å². The quantitative estimate of drug-likeness (QED) is 0.892. The first kappa shape index (κ1) is 13.3. The third kappa shape index (κ3) is 2.24. The fourth-order valence-electron chi connectivity index (χ4n) is 3.27. The van der Waals surface area contributed by atoms with Crippen LogP contribution in [0.1, 0.15) is 32.6 Å². The van der Waals surface area contributed by atoms with E-state index in [9.17, 15) is 5.11 Å². The van der Waals surface area contributed by atoms with Crippen molar-refractivity contribution in [2.45, 2.75) is 38.1 Å². The van der Waals surface area contributed by atoms with Gasteiger partial charge in [-0.3, -0.25) is 4.68 Å². The molecule has 1 saturated carbocycles. The summed E-state index contributed by atoms with van der Waals surface area (Å²) in [6.45, 7) is 2.37. The Balaban J connectivity index is 1.95. The Labute approximate surface area is 118 Å². The van der Waals surface area contributed by atoms with E-state index in [1.807, 2.05) is 7.05 Å². The van der Waals surface area contributed by atoms with Gasteiger partial charge in [0.05, 0.1) is 23.7 Å². The highest BCUT2D eigenvalue weighted by Gasteiger charge is 2.35. The Bertz CT molecular complexity index is 611. The summed E-state index contributed by atoms with van der Waals surface area (Å²) in [6, 6.07) is 0. The number of rotatable bonds is 3. The fourth-order valence-corrected chi connectivity index (χ4v) is 3.27. The predicted molar refractivity (Wildman–Crippen MR) is 77.4 cm³/mol. The number of nitrogens with one attached hydrogen (secondary N) is 1. The van der Waals surface area contributed by atoms with Crippen molar-refractivity contribution < 1.29 is 5.11 Å². The van der Waals surface area contributed by atoms with Crippen LogP contribution in [0.25, 0.3) is 11.0 Å². The highest BCUT2D eigenvalue weighted by atomic mass is 16.3. The van der Waals surface area contributed by atoms with Gasteiger partial charge in [0.2, 0.25) is 0 Å². The van der Waals surface area contributed by atoms with Gasteiger partial charge in [-0.15, -0.1) is 0 Å². The number of nitrogens with zero attached hydrogens (tertiary/aromatic N) is 4. The van der Waals surface area contributed by atoms with Crippen LogP contribution in [0.15, 0.2) is 12.5 Å². The molecule has 0 aromatic carbocycles. The molecule has 2 aromatic rings. The molecule has 6 heteroatoms. The van der Waals surface area contributed by atoms with Crippen LogP contribution in [-0.2, 0) is 7.05 Å². The summed E-state index contributed by atoms with van der Waals surface area (Å²) < 4.78 is 1.73. The van der Waals surface area contributed by atoms with Gasteiger partial charge < -0.3 is 10.4 Å². The summed E-state index contributed by atoms with van der Waals surface area (Å²) in [7, 11) is 1.86. The zero-order valence-corrected chi connectivity index (χ0v) is 12.0. The van der Waals surface area contributed by atoms with Crippen molar-refractivity contribution in [2.75, 3.05) is 11.9 Å². The normalized spacial score (nSPS) is 26.9. The van der Waals surface area contributed by atoms with Gasteiger partial charge in [-0.1, -0.05) is 19.8 Å². The summed E-state index contributed by atoms with van der Waals surface area (Å²) in [5.41, 5.74) is 0.536. The van der Waals surface area contributed by atoms with Crippen LogP contribution in [0.2, 0.25) is 0 Å². The van der Waals surface area contributed by atoms with Gasteiger partial charge in [0.15, 0.2) is 5.65 Å². The predicted octanol–water partition coefficient (Wildman–Crippen LogP) is 1.72. The van der Waals surface area contributed by atoms with E-state index >= 15 is 0 Å². The highest BCUT2D eigenvalue weighted by molar-refractivity contribution is 5.86. The van der Waals surface area contributed by atoms with E-state index in [1.165, 1.54) is 6.42 Å². The number of fused-ring (bicyclic) bond motifs is 1. The second kappa shape index (κ2) is 5.01. The van der Waals surface area contributed by atoms with Crippen molar-refractivity contribution in [1.29, 1.82) is 0 Å². The van der Waals surface area contributed by atoms with Gasteiger partial charge in [-0.05, 0) is 18.8 Å². The number of aliphatic hydroxyl groups excluding tert-OH is 1. The molecule has 0 amide bonds. The fraction of sp³-hybridized carbons (Fsp3) is 0.643. The molecule has 108 valence electrons. The lowest BCUT2D eigenvalue weighted by molar-refractivity contribution is 0.149. The molecule has 0 saturated heterocycles. The molecule has 3 rings (SSSR count). The molecule has 2 N–H and O–H groups in total. The minimum Gasteiger partial charge on any atom is -0.394 e. The molecule has 0 bridgehead atoms. The van der Waals surface area contributed by atoms with E-state index in [1.54, 1.807) is 17.2 Å². The number of hydrogen-bond donors (Lipinski definition) is 2. The first-order valence-electron chi connectivity index (χ1n) is 7.15. The first-order valence-corrected chi connectivity index (χ1v) is 7.15. The van der Waals surface area contributed by atoms with Crippen LogP contribution >= 0.6 is 0 Å². The molecule has 2 aromatic heterocycles. The molecule has 1 aliphatic rings. The number of anilines is 1. The van der Waals surface area contributed by atoms with Crippen LogP contribution in [0.4, 0.5) is 5.82 Å². The Hall–Kier alpha value is -1.69. The molecule has 2 atom stereocenters. The Morgan fingerprint density at radius 1 is 1.50 bits per heavy atom. The summed E-state index contributed by atoms with van der Waals surface area (Å²) in [5.74, 6) is 1.39. The zero-order chi connectivity index (χ0) is 14.2. The van der Waals surface area contributed by atoms with Gasteiger partial charge in [0.25, 0.3) is 0 Å². The molecule has 0 radical (unpaired) electrons. The van der Waals surface area contributed by atoms with E-state index in [4.69, 9.17) is 0 Å². The highest BCUT2D eigenvalue weighted by Crippen LogP contribution is 2.35. The minimum absolute atomic E-state index is 0.128. The second-order valence-corrected chi connectivity index (χ2v) is 5.99. The van der Waals surface area contributed by atoms with Gasteiger partial charge in [0.1, 0.15) is 12.1 Å². The maximum absolute atomic E-state index is 9.87. The number of aryl methyl sites for hydroxylation is 1. The molecular formula is C14H21N5O. The van der Waals surface area contributed by atoms with Crippen molar-refractivity contribution >= 4 is 16.9 Å². The monoisotopic (exact) mass is 275 g/mol. The summed E-state index contributed by atoms with van der Waals surface area (Å²) in [5, 5.41) is 18.5. The largest absolute Gasteiger partial charge is 0.394 e. The minimum atomic E-state index is -0.269. The summed E-state index contributed by atoms with van der Waals surface area (Å²) in [4.78, 5) is 8.59. The summed E-state index contributed by atoms with van der Waals surface area (Å²) in [6.07, 6.45) is 7.62. The Morgan fingerprint density at radius 3 is 3.10 bits per heavy atom. The third-order valence-corrected chi connectivity index (χ3v) is 4.31. The molecule has 20 heavy (non-hydrogen) atoms. The topological polar surface area (TPSA) is 75.9 Å². The molecule has 6 nitrogen and oxygen atoms in total. The molecule has 0 spiro atoms. The van der Waals surface area contributed by atoms with Gasteiger partial charge in [0, 0.05) is 7.05 Å². The van der Waals surface area contributed by atoms with E-state index in [0.717, 1.165) is 36.1 Å². The van der Waals surface area contributed by atoms with E-state index in [2.05, 4.69) is 27.3 Å². The lowest BCUT2D eigenvalue weighted by Crippen LogP contribution is -2.46. The molecular weight excluding hydrogens is 254 g/mol. The van der Waals surface area contributed by atoms with Crippen LogP contribution in [0.3, 0.4) is 0 Å². The van der Waals surface area contributed by atoms with Gasteiger partial charge >= 0.3 is 0 Å². The van der Waals surface area contributed by atoms with Crippen LogP contribution in [0, 0.1) is 5.92 Å². The van der Waals surface area contributed by atoms with E-state index in [-0.39, 0.29) is 12.1 Å². The molecule has 1 aliphatic carbocycles. The smallest absolute Gasteiger partial charge is 0.163 e. The lowest BCUT2D eigenvalue weighted by atomic mass is 9.77. The van der Waals surface area contributed by atoms with E-state index < -0.39 is 0 Å². The maximum Gasteiger partial charge on any atom is 0.163 e. The molecule has 0 aliphatic heterocycles. The standard InChI is InChI=1S/C14H21N5O/c1-10-4-3-5-14(6-10,8-20)18-12-11-7-17-19(2)13(11)16-9-15-12/h7,9-10,20H,3-6,8H2,1-2H3,(H,15,16,18). The number of aromatic nitrogens is 4. The molecule has 1 fully saturated rings. The number of aliphatic hydroxyl groups is 1. The average Bonchev–Trinajstić information content (AvgIpc) is 2.82. The summed E-state index contributed by atoms with van der Waals surface area (Å²) >= 11 is 0. The Morgan fingerprint density at radius 2 is 2.35 bits per heavy atom. The second-order valence-electron chi connectivity index (χ2n) is 5.99. The maximum atomic E-state index is 9.87. The van der Waals surface area contributed by atoms with Gasteiger partial charge in [-0.2, -0.15) is 5.10 Å². The lowest BCUT2D eigenvalue weighted by Gasteiger charge is -2.39. The van der Waals surface area contributed by atoms with Crippen molar-refractivity contribution in [3.63, 3.8) is 0 Å². The van der Waals surface area contributed by atoms with Crippen molar-refractivity contribution in [1.82, 2.24) is 19.7 Å². The van der Waals surface area contributed by atoms with Crippen molar-refractivity contribution in [2.24, 2.45) is 13.0 Å². The Kier molecular flexibility index (Phi) is 3.33.